The molecule has 0 radical (unpaired) electrons. The van der Waals surface area contributed by atoms with Gasteiger partial charge in [0.2, 0.25) is 5.91 Å². The van der Waals surface area contributed by atoms with Crippen LogP contribution in [-0.4, -0.2) is 16.9 Å². The molecule has 0 aliphatic rings. The zero-order valence-corrected chi connectivity index (χ0v) is 13.8. The summed E-state index contributed by atoms with van der Waals surface area (Å²) in [6, 6.07) is 11.9. The zero-order chi connectivity index (χ0) is 18.7. The van der Waals surface area contributed by atoms with Gasteiger partial charge >= 0.3 is 6.18 Å². The highest BCUT2D eigenvalue weighted by molar-refractivity contribution is 5.86. The Morgan fingerprint density at radius 1 is 1.08 bits per heavy atom. The normalized spacial score (nSPS) is 12.9. The van der Waals surface area contributed by atoms with Crippen LogP contribution in [0.5, 0.6) is 0 Å². The quantitative estimate of drug-likeness (QED) is 0.652. The molecule has 0 aliphatic heterocycles. The smallest absolute Gasteiger partial charge is 0.361 e. The first kappa shape index (κ1) is 18.0. The van der Waals surface area contributed by atoms with E-state index >= 15 is 0 Å². The van der Waals surface area contributed by atoms with Gasteiger partial charge in [0, 0.05) is 23.6 Å². The summed E-state index contributed by atoms with van der Waals surface area (Å²) >= 11 is 0. The molecule has 26 heavy (non-hydrogen) atoms. The summed E-state index contributed by atoms with van der Waals surface area (Å²) in [7, 11) is 0. The van der Waals surface area contributed by atoms with E-state index in [2.05, 4.69) is 10.3 Å². The highest BCUT2D eigenvalue weighted by Gasteiger charge is 2.32. The number of fused-ring (bicyclic) bond motifs is 1. The number of amides is 1. The molecule has 4 nitrogen and oxygen atoms in total. The van der Waals surface area contributed by atoms with Crippen LogP contribution >= 0.6 is 0 Å². The number of alkyl halides is 3. The molecular formula is C19H18F3N3O. The number of aromatic amines is 1. The second-order valence-corrected chi connectivity index (χ2v) is 6.04. The van der Waals surface area contributed by atoms with Crippen molar-refractivity contribution in [1.82, 2.24) is 10.3 Å². The maximum atomic E-state index is 13.0. The van der Waals surface area contributed by atoms with Crippen molar-refractivity contribution in [2.75, 3.05) is 0 Å². The topological polar surface area (TPSA) is 70.9 Å². The standard InChI is InChI=1S/C19H18F3N3O/c20-19(21,22)15-7-3-1-5-12(15)10-25-18(26)16(23)9-13-11-24-17-8-4-2-6-14(13)17/h1-8,11,16,24H,9-10,23H2,(H,25,26)/t16-/m1/s1. The first-order valence-corrected chi connectivity index (χ1v) is 8.09. The Labute approximate surface area is 148 Å². The zero-order valence-electron chi connectivity index (χ0n) is 13.8. The molecule has 0 spiro atoms. The third kappa shape index (κ3) is 3.88. The molecule has 2 aromatic carbocycles. The molecule has 3 rings (SSSR count). The minimum absolute atomic E-state index is 0.00708. The fraction of sp³-hybridized carbons (Fsp3) is 0.211. The lowest BCUT2D eigenvalue weighted by molar-refractivity contribution is -0.138. The third-order valence-corrected chi connectivity index (χ3v) is 4.23. The number of H-pyrrole nitrogens is 1. The lowest BCUT2D eigenvalue weighted by Gasteiger charge is -2.15. The van der Waals surface area contributed by atoms with Crippen LogP contribution in [0.3, 0.4) is 0 Å². The molecule has 0 fully saturated rings. The third-order valence-electron chi connectivity index (χ3n) is 4.23. The maximum Gasteiger partial charge on any atom is 0.416 e. The van der Waals surface area contributed by atoms with E-state index < -0.39 is 23.7 Å². The van der Waals surface area contributed by atoms with Crippen molar-refractivity contribution in [2.24, 2.45) is 5.73 Å². The van der Waals surface area contributed by atoms with Gasteiger partial charge in [-0.3, -0.25) is 4.79 Å². The fourth-order valence-corrected chi connectivity index (χ4v) is 2.89. The van der Waals surface area contributed by atoms with Gasteiger partial charge in [0.25, 0.3) is 0 Å². The number of hydrogen-bond acceptors (Lipinski definition) is 2. The van der Waals surface area contributed by atoms with Crippen LogP contribution in [-0.2, 0) is 23.9 Å². The summed E-state index contributed by atoms with van der Waals surface area (Å²) in [5, 5.41) is 3.47. The van der Waals surface area contributed by atoms with Crippen LogP contribution in [0.25, 0.3) is 10.9 Å². The monoisotopic (exact) mass is 361 g/mol. The molecule has 1 aromatic heterocycles. The number of nitrogens with one attached hydrogen (secondary N) is 2. The van der Waals surface area contributed by atoms with Crippen LogP contribution in [0.4, 0.5) is 13.2 Å². The van der Waals surface area contributed by atoms with E-state index in [1.807, 2.05) is 24.3 Å². The molecular weight excluding hydrogens is 343 g/mol. The first-order valence-electron chi connectivity index (χ1n) is 8.09. The SMILES string of the molecule is N[C@H](Cc1c[nH]c2ccccc12)C(=O)NCc1ccccc1C(F)(F)F. The second kappa shape index (κ2) is 7.21. The Morgan fingerprint density at radius 2 is 1.77 bits per heavy atom. The predicted molar refractivity (Wildman–Crippen MR) is 93.3 cm³/mol. The molecule has 1 heterocycles. The number of nitrogens with two attached hydrogens (primary N) is 1. The Bertz CT molecular complexity index is 918. The van der Waals surface area contributed by atoms with Crippen molar-refractivity contribution in [3.8, 4) is 0 Å². The molecule has 3 aromatic rings. The molecule has 0 unspecified atom stereocenters. The lowest BCUT2D eigenvalue weighted by Crippen LogP contribution is -2.41. The Kier molecular flexibility index (Phi) is 4.99. The number of benzene rings is 2. The summed E-state index contributed by atoms with van der Waals surface area (Å²) in [6.45, 7) is -0.226. The van der Waals surface area contributed by atoms with Gasteiger partial charge in [-0.2, -0.15) is 13.2 Å². The Morgan fingerprint density at radius 3 is 2.54 bits per heavy atom. The van der Waals surface area contributed by atoms with E-state index in [-0.39, 0.29) is 18.5 Å². The number of para-hydroxylation sites is 1. The van der Waals surface area contributed by atoms with Gasteiger partial charge in [0.05, 0.1) is 11.6 Å². The van der Waals surface area contributed by atoms with Crippen LogP contribution < -0.4 is 11.1 Å². The number of aromatic nitrogens is 1. The number of carbonyl (C=O) groups excluding carboxylic acids is 1. The van der Waals surface area contributed by atoms with Crippen LogP contribution in [0.1, 0.15) is 16.7 Å². The number of hydrogen-bond donors (Lipinski definition) is 3. The van der Waals surface area contributed by atoms with Gasteiger partial charge in [-0.25, -0.2) is 0 Å². The van der Waals surface area contributed by atoms with Gasteiger partial charge in [0.1, 0.15) is 0 Å². The van der Waals surface area contributed by atoms with Crippen molar-refractivity contribution in [3.05, 3.63) is 71.4 Å². The first-order chi connectivity index (χ1) is 12.4. The van der Waals surface area contributed by atoms with Gasteiger partial charge in [-0.1, -0.05) is 36.4 Å². The highest BCUT2D eigenvalue weighted by Crippen LogP contribution is 2.31. The summed E-state index contributed by atoms with van der Waals surface area (Å²) in [4.78, 5) is 15.3. The van der Waals surface area contributed by atoms with Crippen molar-refractivity contribution >= 4 is 16.8 Å². The number of carbonyl (C=O) groups is 1. The highest BCUT2D eigenvalue weighted by atomic mass is 19.4. The van der Waals surface area contributed by atoms with E-state index in [4.69, 9.17) is 5.73 Å². The molecule has 1 amide bonds. The number of rotatable bonds is 5. The Balaban J connectivity index is 1.65. The summed E-state index contributed by atoms with van der Waals surface area (Å²) < 4.78 is 39.0. The largest absolute Gasteiger partial charge is 0.416 e. The fourth-order valence-electron chi connectivity index (χ4n) is 2.89. The molecule has 0 aliphatic carbocycles. The van der Waals surface area contributed by atoms with Crippen molar-refractivity contribution in [1.29, 1.82) is 0 Å². The van der Waals surface area contributed by atoms with Gasteiger partial charge in [0.15, 0.2) is 0 Å². The molecule has 136 valence electrons. The van der Waals surface area contributed by atoms with E-state index in [1.165, 1.54) is 18.2 Å². The van der Waals surface area contributed by atoms with Gasteiger partial charge < -0.3 is 16.0 Å². The second-order valence-electron chi connectivity index (χ2n) is 6.04. The predicted octanol–water partition coefficient (Wildman–Crippen LogP) is 3.37. The summed E-state index contributed by atoms with van der Waals surface area (Å²) in [5.41, 5.74) is 7.01. The van der Waals surface area contributed by atoms with Crippen molar-refractivity contribution in [2.45, 2.75) is 25.2 Å². The Hall–Kier alpha value is -2.80. The van der Waals surface area contributed by atoms with Gasteiger partial charge in [-0.15, -0.1) is 0 Å². The van der Waals surface area contributed by atoms with E-state index in [1.54, 1.807) is 6.20 Å². The molecule has 1 atom stereocenters. The van der Waals surface area contributed by atoms with Crippen LogP contribution in [0.15, 0.2) is 54.7 Å². The van der Waals surface area contributed by atoms with Crippen molar-refractivity contribution in [3.63, 3.8) is 0 Å². The number of halogens is 3. The summed E-state index contributed by atoms with van der Waals surface area (Å²) in [6.07, 6.45) is -2.39. The minimum Gasteiger partial charge on any atom is -0.361 e. The molecule has 0 saturated carbocycles. The lowest BCUT2D eigenvalue weighted by atomic mass is 10.0. The minimum atomic E-state index is -4.46. The van der Waals surface area contributed by atoms with E-state index in [0.717, 1.165) is 22.5 Å². The van der Waals surface area contributed by atoms with Crippen LogP contribution in [0, 0.1) is 0 Å². The molecule has 0 saturated heterocycles. The van der Waals surface area contributed by atoms with Crippen LogP contribution in [0.2, 0.25) is 0 Å². The van der Waals surface area contributed by atoms with Gasteiger partial charge in [-0.05, 0) is 29.7 Å². The summed E-state index contributed by atoms with van der Waals surface area (Å²) in [5.74, 6) is -0.493. The molecule has 0 bridgehead atoms. The van der Waals surface area contributed by atoms with E-state index in [9.17, 15) is 18.0 Å². The maximum absolute atomic E-state index is 13.0. The average Bonchev–Trinajstić information content (AvgIpc) is 3.02. The van der Waals surface area contributed by atoms with Crippen molar-refractivity contribution < 1.29 is 18.0 Å². The molecule has 7 heteroatoms. The van der Waals surface area contributed by atoms with E-state index in [0.29, 0.717) is 0 Å². The average molecular weight is 361 g/mol. The molecule has 4 N–H and O–H groups in total.